The monoisotopic (exact) mass is 532 g/mol. The van der Waals surface area contributed by atoms with Crippen LogP contribution < -0.4 is 11.1 Å². The van der Waals surface area contributed by atoms with Crippen molar-refractivity contribution in [2.24, 2.45) is 5.73 Å². The number of anilines is 1. The Balaban J connectivity index is 1.76. The lowest BCUT2D eigenvalue weighted by Gasteiger charge is -2.12. The van der Waals surface area contributed by atoms with Gasteiger partial charge in [-0.2, -0.15) is 18.3 Å². The maximum absolute atomic E-state index is 13.6. The molecule has 3 heterocycles. The molecule has 2 amide bonds. The first kappa shape index (κ1) is 25.8. The number of carbonyl (C=O) groups is 2. The Kier molecular flexibility index (Phi) is 6.69. The summed E-state index contributed by atoms with van der Waals surface area (Å²) in [6.45, 7) is 2.97. The van der Waals surface area contributed by atoms with E-state index in [4.69, 9.17) is 5.73 Å². The van der Waals surface area contributed by atoms with E-state index in [2.05, 4.69) is 15.4 Å². The Morgan fingerprint density at radius 1 is 1.22 bits per heavy atom. The lowest BCUT2D eigenvalue weighted by Crippen LogP contribution is -2.18. The molecule has 0 saturated heterocycles. The number of pyridine rings is 1. The molecule has 0 unspecified atom stereocenters. The number of rotatable bonds is 7. The normalized spacial score (nSPS) is 11.6. The van der Waals surface area contributed by atoms with Crippen molar-refractivity contribution < 1.29 is 27.7 Å². The third kappa shape index (κ3) is 5.00. The van der Waals surface area contributed by atoms with Crippen LogP contribution in [0.4, 0.5) is 24.5 Å². The van der Waals surface area contributed by atoms with E-state index in [0.717, 1.165) is 6.07 Å². The molecular weight excluding hydrogens is 513 g/mol. The summed E-state index contributed by atoms with van der Waals surface area (Å²) >= 11 is 0.646. The van der Waals surface area contributed by atoms with Gasteiger partial charge in [0, 0.05) is 11.8 Å². The highest BCUT2D eigenvalue weighted by Crippen LogP contribution is 2.43. The fourth-order valence-electron chi connectivity index (χ4n) is 3.96. The molecule has 37 heavy (non-hydrogen) atoms. The second-order valence-corrected chi connectivity index (χ2v) is 9.07. The summed E-state index contributed by atoms with van der Waals surface area (Å²) in [5.74, 6) is -1.55. The van der Waals surface area contributed by atoms with Crippen molar-refractivity contribution in [2.45, 2.75) is 33.0 Å². The van der Waals surface area contributed by atoms with Crippen molar-refractivity contribution in [1.82, 2.24) is 14.8 Å². The SMILES string of the molecule is Cc1nn(CCC(=O)Nc2c(C(N)=O)sc3nc(C(F)(F)F)cc(-c4ccccc4)c23)c(C)c1[N+](=O)[O-]. The summed E-state index contributed by atoms with van der Waals surface area (Å²) in [4.78, 5) is 39.1. The Morgan fingerprint density at radius 2 is 1.89 bits per heavy atom. The molecule has 192 valence electrons. The quantitative estimate of drug-likeness (QED) is 0.257. The number of alkyl halides is 3. The van der Waals surface area contributed by atoms with Gasteiger partial charge in [0.15, 0.2) is 0 Å². The number of halogens is 3. The van der Waals surface area contributed by atoms with Gasteiger partial charge in [-0.3, -0.25) is 24.4 Å². The van der Waals surface area contributed by atoms with E-state index in [-0.39, 0.29) is 56.4 Å². The number of nitrogens with zero attached hydrogens (tertiary/aromatic N) is 4. The molecule has 0 saturated carbocycles. The number of nitro groups is 1. The van der Waals surface area contributed by atoms with Crippen molar-refractivity contribution >= 4 is 44.7 Å². The molecule has 4 aromatic rings. The summed E-state index contributed by atoms with van der Waals surface area (Å²) in [7, 11) is 0. The van der Waals surface area contributed by atoms with Crippen LogP contribution in [0.3, 0.4) is 0 Å². The molecule has 0 aliphatic heterocycles. The Morgan fingerprint density at radius 3 is 2.46 bits per heavy atom. The Hall–Kier alpha value is -4.33. The number of carbonyl (C=O) groups excluding carboxylic acids is 2. The molecule has 0 bridgehead atoms. The van der Waals surface area contributed by atoms with E-state index >= 15 is 0 Å². The van der Waals surface area contributed by atoms with Gasteiger partial charge < -0.3 is 11.1 Å². The average molecular weight is 533 g/mol. The molecule has 0 spiro atoms. The topological polar surface area (TPSA) is 146 Å². The van der Waals surface area contributed by atoms with E-state index in [1.54, 1.807) is 30.3 Å². The molecule has 0 radical (unpaired) electrons. The number of benzene rings is 1. The molecule has 0 fully saturated rings. The third-order valence-corrected chi connectivity index (χ3v) is 6.70. The van der Waals surface area contributed by atoms with Crippen molar-refractivity contribution in [3.05, 3.63) is 68.5 Å². The van der Waals surface area contributed by atoms with Gasteiger partial charge in [0.1, 0.15) is 26.8 Å². The highest BCUT2D eigenvalue weighted by atomic mass is 32.1. The lowest BCUT2D eigenvalue weighted by molar-refractivity contribution is -0.386. The zero-order valence-corrected chi connectivity index (χ0v) is 20.2. The Labute approximate surface area is 211 Å². The minimum atomic E-state index is -4.75. The summed E-state index contributed by atoms with van der Waals surface area (Å²) < 4.78 is 42.1. The summed E-state index contributed by atoms with van der Waals surface area (Å²) in [6.07, 6.45) is -4.94. The lowest BCUT2D eigenvalue weighted by atomic mass is 10.0. The van der Waals surface area contributed by atoms with Crippen LogP contribution in [0.5, 0.6) is 0 Å². The molecule has 14 heteroatoms. The van der Waals surface area contributed by atoms with E-state index in [1.807, 2.05) is 0 Å². The number of hydrogen-bond donors (Lipinski definition) is 2. The number of aryl methyl sites for hydroxylation is 2. The minimum Gasteiger partial charge on any atom is -0.365 e. The molecule has 1 aromatic carbocycles. The number of aromatic nitrogens is 3. The molecule has 0 atom stereocenters. The van der Waals surface area contributed by atoms with Gasteiger partial charge in [-0.25, -0.2) is 4.98 Å². The number of amides is 2. The highest BCUT2D eigenvalue weighted by molar-refractivity contribution is 7.21. The molecule has 0 aliphatic carbocycles. The van der Waals surface area contributed by atoms with Crippen LogP contribution >= 0.6 is 11.3 Å². The van der Waals surface area contributed by atoms with Crippen molar-refractivity contribution in [3.63, 3.8) is 0 Å². The first-order chi connectivity index (χ1) is 17.4. The van der Waals surface area contributed by atoms with E-state index < -0.39 is 28.6 Å². The largest absolute Gasteiger partial charge is 0.433 e. The maximum Gasteiger partial charge on any atom is 0.433 e. The number of primary amides is 1. The summed E-state index contributed by atoms with van der Waals surface area (Å²) in [5.41, 5.74) is 5.14. The number of fused-ring (bicyclic) bond motifs is 1. The van der Waals surface area contributed by atoms with Crippen LogP contribution in [-0.2, 0) is 17.5 Å². The third-order valence-electron chi connectivity index (χ3n) is 5.60. The van der Waals surface area contributed by atoms with Gasteiger partial charge in [-0.15, -0.1) is 11.3 Å². The zero-order chi connectivity index (χ0) is 27.1. The zero-order valence-electron chi connectivity index (χ0n) is 19.4. The van der Waals surface area contributed by atoms with Crippen LogP contribution in [0.2, 0.25) is 0 Å². The number of thiophene rings is 1. The van der Waals surface area contributed by atoms with Crippen molar-refractivity contribution in [2.75, 3.05) is 5.32 Å². The van der Waals surface area contributed by atoms with Crippen LogP contribution in [0.1, 0.15) is 33.2 Å². The predicted octanol–water partition coefficient (Wildman–Crippen LogP) is 4.83. The fraction of sp³-hybridized carbons (Fsp3) is 0.217. The maximum atomic E-state index is 13.6. The van der Waals surface area contributed by atoms with Crippen molar-refractivity contribution in [3.8, 4) is 11.1 Å². The Bertz CT molecular complexity index is 1550. The highest BCUT2D eigenvalue weighted by Gasteiger charge is 2.35. The summed E-state index contributed by atoms with van der Waals surface area (Å²) in [6, 6.07) is 9.03. The van der Waals surface area contributed by atoms with Gasteiger partial charge in [0.25, 0.3) is 5.91 Å². The fourth-order valence-corrected chi connectivity index (χ4v) is 4.97. The molecule has 4 rings (SSSR count). The standard InChI is InChI=1S/C23H19F3N6O4S/c1-11-19(32(35)36)12(2)31(30-11)9-8-16(33)29-18-17-14(13-6-4-3-5-7-13)10-15(23(24,25)26)28-22(17)37-20(18)21(27)34/h3-7,10H,8-9H2,1-2H3,(H2,27,34)(H,29,33). The second-order valence-electron chi connectivity index (χ2n) is 8.07. The molecule has 3 aromatic heterocycles. The second kappa shape index (κ2) is 9.61. The van der Waals surface area contributed by atoms with E-state index in [1.165, 1.54) is 18.5 Å². The van der Waals surface area contributed by atoms with E-state index in [0.29, 0.717) is 16.9 Å². The van der Waals surface area contributed by atoms with Crippen molar-refractivity contribution in [1.29, 1.82) is 0 Å². The van der Waals surface area contributed by atoms with Crippen LogP contribution in [0, 0.1) is 24.0 Å². The minimum absolute atomic E-state index is 0.0116. The smallest absolute Gasteiger partial charge is 0.365 e. The van der Waals surface area contributed by atoms with Gasteiger partial charge in [-0.1, -0.05) is 30.3 Å². The number of hydrogen-bond acceptors (Lipinski definition) is 7. The summed E-state index contributed by atoms with van der Waals surface area (Å²) in [5, 5.41) is 18.0. The first-order valence-corrected chi connectivity index (χ1v) is 11.6. The van der Waals surface area contributed by atoms with Gasteiger partial charge in [-0.05, 0) is 31.0 Å². The molecule has 0 aliphatic rings. The average Bonchev–Trinajstić information content (AvgIpc) is 3.33. The number of nitrogens with two attached hydrogens (primary N) is 1. The van der Waals surface area contributed by atoms with Gasteiger partial charge >= 0.3 is 11.9 Å². The van der Waals surface area contributed by atoms with Gasteiger partial charge in [0.2, 0.25) is 5.91 Å². The van der Waals surface area contributed by atoms with Crippen LogP contribution in [0.25, 0.3) is 21.3 Å². The van der Waals surface area contributed by atoms with E-state index in [9.17, 15) is 32.9 Å². The van der Waals surface area contributed by atoms with Crippen LogP contribution in [-0.4, -0.2) is 31.5 Å². The molecule has 10 nitrogen and oxygen atoms in total. The van der Waals surface area contributed by atoms with Gasteiger partial charge in [0.05, 0.1) is 17.2 Å². The predicted molar refractivity (Wildman–Crippen MR) is 130 cm³/mol. The van der Waals surface area contributed by atoms with Crippen LogP contribution in [0.15, 0.2) is 36.4 Å². The molecule has 3 N–H and O–H groups in total. The number of nitrogens with one attached hydrogen (secondary N) is 1. The molecular formula is C23H19F3N6O4S. The first-order valence-electron chi connectivity index (χ1n) is 10.8.